The topological polar surface area (TPSA) is 129 Å². The van der Waals surface area contributed by atoms with Gasteiger partial charge in [-0.05, 0) is 42.7 Å². The number of amides is 2. The van der Waals surface area contributed by atoms with Gasteiger partial charge in [0.1, 0.15) is 11.4 Å². The van der Waals surface area contributed by atoms with E-state index in [0.29, 0.717) is 53.9 Å². The van der Waals surface area contributed by atoms with Gasteiger partial charge in [0, 0.05) is 51.3 Å². The number of carbonyl (C=O) groups is 3. The molecule has 2 aliphatic heterocycles. The number of hydrogen-bond donors (Lipinski definition) is 3. The van der Waals surface area contributed by atoms with Crippen LogP contribution in [0.3, 0.4) is 0 Å². The second kappa shape index (κ2) is 10.0. The first-order valence-electron chi connectivity index (χ1n) is 11.3. The normalized spacial score (nSPS) is 22.7. The van der Waals surface area contributed by atoms with Crippen LogP contribution in [0.1, 0.15) is 34.7 Å². The second-order valence-electron chi connectivity index (χ2n) is 9.02. The number of piperidine rings is 1. The number of anilines is 1. The molecule has 0 radical (unpaired) electrons. The zero-order chi connectivity index (χ0) is 25.3. The molecule has 4 N–H and O–H groups in total. The summed E-state index contributed by atoms with van der Waals surface area (Å²) in [5, 5.41) is 13.9. The second-order valence-corrected chi connectivity index (χ2v) is 9.83. The fourth-order valence-corrected chi connectivity index (χ4v) is 5.52. The van der Waals surface area contributed by atoms with Crippen molar-refractivity contribution in [3.05, 3.63) is 57.7 Å². The molecule has 0 bridgehead atoms. The van der Waals surface area contributed by atoms with Crippen LogP contribution in [-0.2, 0) is 4.79 Å². The van der Waals surface area contributed by atoms with Crippen LogP contribution < -0.4 is 16.0 Å². The van der Waals surface area contributed by atoms with Crippen molar-refractivity contribution in [1.82, 2.24) is 15.2 Å². The van der Waals surface area contributed by atoms with Crippen molar-refractivity contribution in [2.24, 2.45) is 11.7 Å². The smallest absolute Gasteiger partial charge is 0.407 e. The Hall–Kier alpha value is -2.88. The van der Waals surface area contributed by atoms with Gasteiger partial charge < -0.3 is 21.1 Å². The van der Waals surface area contributed by atoms with Crippen molar-refractivity contribution in [3.63, 3.8) is 0 Å². The highest BCUT2D eigenvalue weighted by Gasteiger charge is 2.56. The number of pyridine rings is 1. The van der Waals surface area contributed by atoms with Crippen molar-refractivity contribution in [2.45, 2.75) is 24.3 Å². The zero-order valence-electron chi connectivity index (χ0n) is 19.2. The molecule has 2 atom stereocenters. The van der Waals surface area contributed by atoms with Gasteiger partial charge in [0.25, 0.3) is 0 Å². The molecule has 2 saturated heterocycles. The number of nitrogens with one attached hydrogen (secondary N) is 1. The van der Waals surface area contributed by atoms with Gasteiger partial charge in [-0.1, -0.05) is 29.3 Å². The molecule has 0 unspecified atom stereocenters. The summed E-state index contributed by atoms with van der Waals surface area (Å²) in [7, 11) is 1.46. The molecule has 35 heavy (non-hydrogen) atoms. The molecule has 0 spiro atoms. The molecule has 0 aliphatic carbocycles. The lowest BCUT2D eigenvalue weighted by molar-refractivity contribution is -0.134. The highest BCUT2D eigenvalue weighted by Crippen LogP contribution is 2.42. The van der Waals surface area contributed by atoms with Crippen LogP contribution in [0.2, 0.25) is 10.0 Å². The average Bonchev–Trinajstić information content (AvgIpc) is 3.31. The minimum Gasteiger partial charge on any atom is -0.465 e. The summed E-state index contributed by atoms with van der Waals surface area (Å²) in [4.78, 5) is 45.0. The quantitative estimate of drug-likeness (QED) is 0.534. The average molecular weight is 520 g/mol. The number of hydrogen-bond acceptors (Lipinski definition) is 6. The third-order valence-corrected chi connectivity index (χ3v) is 7.94. The van der Waals surface area contributed by atoms with E-state index >= 15 is 0 Å². The van der Waals surface area contributed by atoms with Gasteiger partial charge in [-0.2, -0.15) is 0 Å². The molecule has 1 aromatic heterocycles. The van der Waals surface area contributed by atoms with E-state index in [4.69, 9.17) is 28.9 Å². The molecule has 2 aromatic rings. The van der Waals surface area contributed by atoms with Gasteiger partial charge >= 0.3 is 6.09 Å². The number of nitrogens with two attached hydrogens (primary N) is 1. The van der Waals surface area contributed by atoms with E-state index in [0.717, 1.165) is 10.5 Å². The Balaban J connectivity index is 1.57. The van der Waals surface area contributed by atoms with Crippen LogP contribution in [0.25, 0.3) is 0 Å². The van der Waals surface area contributed by atoms with Crippen LogP contribution in [0, 0.1) is 5.92 Å². The molecule has 1 aromatic carbocycles. The number of nitrogens with zero attached hydrogens (tertiary/aromatic N) is 3. The van der Waals surface area contributed by atoms with Crippen molar-refractivity contribution < 1.29 is 19.5 Å². The van der Waals surface area contributed by atoms with Gasteiger partial charge in [0.2, 0.25) is 5.91 Å². The molecule has 0 saturated carbocycles. The highest BCUT2D eigenvalue weighted by molar-refractivity contribution is 6.42. The Labute approximate surface area is 213 Å². The minimum atomic E-state index is -1.27. The third-order valence-electron chi connectivity index (χ3n) is 7.20. The van der Waals surface area contributed by atoms with Crippen LogP contribution in [-0.4, -0.2) is 71.5 Å². The number of carboxylic acid groups (broad SMARTS) is 1. The van der Waals surface area contributed by atoms with E-state index < -0.39 is 23.5 Å². The van der Waals surface area contributed by atoms with Gasteiger partial charge in [-0.15, -0.1) is 0 Å². The van der Waals surface area contributed by atoms with Gasteiger partial charge in [0.15, 0.2) is 5.78 Å². The molecule has 4 rings (SSSR count). The first-order chi connectivity index (χ1) is 16.6. The predicted octanol–water partition coefficient (Wildman–Crippen LogP) is 3.01. The van der Waals surface area contributed by atoms with Crippen molar-refractivity contribution in [2.75, 3.05) is 38.1 Å². The number of ketones is 1. The number of aromatic nitrogens is 1. The fraction of sp³-hybridized carbons (Fsp3) is 0.417. The first-order valence-corrected chi connectivity index (χ1v) is 12.1. The summed E-state index contributed by atoms with van der Waals surface area (Å²) < 4.78 is 0. The lowest BCUT2D eigenvalue weighted by Gasteiger charge is -2.43. The van der Waals surface area contributed by atoms with E-state index in [2.05, 4.69) is 10.3 Å². The largest absolute Gasteiger partial charge is 0.465 e. The SMILES string of the molecule is CN(C(=O)O)[C@]1(C(=O)C2CCN(c3ccc(C(N)=O)cn3)CC2)CNC[C@H]1c1ccc(Cl)c(Cl)c1. The number of primary amides is 1. The van der Waals surface area contributed by atoms with Gasteiger partial charge in [-0.25, -0.2) is 9.78 Å². The van der Waals surface area contributed by atoms with Crippen LogP contribution in [0.4, 0.5) is 10.6 Å². The predicted molar refractivity (Wildman–Crippen MR) is 133 cm³/mol. The number of carbonyl (C=O) groups excluding carboxylic acids is 2. The van der Waals surface area contributed by atoms with Crippen molar-refractivity contribution >= 4 is 46.8 Å². The van der Waals surface area contributed by atoms with E-state index in [1.54, 1.807) is 30.3 Å². The van der Waals surface area contributed by atoms with Gasteiger partial charge in [-0.3, -0.25) is 14.5 Å². The summed E-state index contributed by atoms with van der Waals surface area (Å²) in [6.45, 7) is 1.82. The summed E-state index contributed by atoms with van der Waals surface area (Å²) >= 11 is 12.3. The van der Waals surface area contributed by atoms with Crippen LogP contribution >= 0.6 is 23.2 Å². The number of Topliss-reactive ketones (excluding diaryl/α,β-unsaturated/α-hetero) is 1. The molecule has 186 valence electrons. The Kier molecular flexibility index (Phi) is 7.21. The molecular weight excluding hydrogens is 493 g/mol. The number of halogens is 2. The summed E-state index contributed by atoms with van der Waals surface area (Å²) in [6.07, 6.45) is 1.39. The number of likely N-dealkylation sites (N-methyl/N-ethyl adjacent to an activating group) is 1. The summed E-state index contributed by atoms with van der Waals surface area (Å²) in [5.74, 6) is -0.660. The highest BCUT2D eigenvalue weighted by atomic mass is 35.5. The summed E-state index contributed by atoms with van der Waals surface area (Å²) in [5.41, 5.74) is 5.12. The standard InChI is InChI=1S/C24H27Cl2N5O4/c1-30(23(34)35)24(13-28-12-17(24)15-2-4-18(25)19(26)10-15)21(32)14-6-8-31(9-7-14)20-5-3-16(11-29-20)22(27)33/h2-5,10-11,14,17,28H,6-9,12-13H2,1H3,(H2,27,33)(H,34,35)/t17-,24+/m0/s1. The van der Waals surface area contributed by atoms with Crippen molar-refractivity contribution in [1.29, 1.82) is 0 Å². The van der Waals surface area contributed by atoms with E-state index in [1.165, 1.54) is 13.2 Å². The molecule has 3 heterocycles. The zero-order valence-corrected chi connectivity index (χ0v) is 20.7. The molecule has 9 nitrogen and oxygen atoms in total. The monoisotopic (exact) mass is 519 g/mol. The van der Waals surface area contributed by atoms with Gasteiger partial charge in [0.05, 0.1) is 15.6 Å². The first kappa shape index (κ1) is 25.2. The Morgan fingerprint density at radius 2 is 1.89 bits per heavy atom. The maximum absolute atomic E-state index is 14.1. The van der Waals surface area contributed by atoms with Crippen LogP contribution in [0.15, 0.2) is 36.5 Å². The maximum Gasteiger partial charge on any atom is 0.407 e. The van der Waals surface area contributed by atoms with E-state index in [-0.39, 0.29) is 18.2 Å². The molecular formula is C24H27Cl2N5O4. The third kappa shape index (κ3) is 4.68. The van der Waals surface area contributed by atoms with E-state index in [1.807, 2.05) is 4.90 Å². The Morgan fingerprint density at radius 1 is 1.17 bits per heavy atom. The molecule has 11 heteroatoms. The molecule has 2 amide bonds. The molecule has 2 fully saturated rings. The Morgan fingerprint density at radius 3 is 2.46 bits per heavy atom. The minimum absolute atomic E-state index is 0.0971. The summed E-state index contributed by atoms with van der Waals surface area (Å²) in [6, 6.07) is 8.55. The number of benzene rings is 1. The van der Waals surface area contributed by atoms with Crippen molar-refractivity contribution in [3.8, 4) is 0 Å². The maximum atomic E-state index is 14.1. The lowest BCUT2D eigenvalue weighted by atomic mass is 9.72. The number of rotatable bonds is 6. The fourth-order valence-electron chi connectivity index (χ4n) is 5.21. The lowest BCUT2D eigenvalue weighted by Crippen LogP contribution is -2.61. The Bertz CT molecular complexity index is 1140. The molecule has 2 aliphatic rings. The van der Waals surface area contributed by atoms with Crippen LogP contribution in [0.5, 0.6) is 0 Å². The van der Waals surface area contributed by atoms with E-state index in [9.17, 15) is 19.5 Å².